The lowest BCUT2D eigenvalue weighted by atomic mass is 9.68. The van der Waals surface area contributed by atoms with Crippen molar-refractivity contribution in [2.24, 2.45) is 0 Å². The molecule has 1 spiro atoms. The van der Waals surface area contributed by atoms with Crippen molar-refractivity contribution in [1.82, 2.24) is 15.1 Å². The lowest BCUT2D eigenvalue weighted by molar-refractivity contribution is 0.0528. The normalized spacial score (nSPS) is 21.7. The number of amides is 3. The second-order valence-electron chi connectivity index (χ2n) is 7.76. The van der Waals surface area contributed by atoms with E-state index in [4.69, 9.17) is 4.74 Å². The van der Waals surface area contributed by atoms with Gasteiger partial charge in [-0.3, -0.25) is 4.79 Å². The van der Waals surface area contributed by atoms with Gasteiger partial charge in [-0.1, -0.05) is 18.2 Å². The molecule has 3 aliphatic rings. The molecule has 2 fully saturated rings. The topological polar surface area (TPSA) is 61.9 Å². The maximum atomic E-state index is 12.8. The predicted molar refractivity (Wildman–Crippen MR) is 98.3 cm³/mol. The highest BCUT2D eigenvalue weighted by molar-refractivity contribution is 5.97. The Morgan fingerprint density at radius 1 is 1.27 bits per heavy atom. The number of likely N-dealkylation sites (tertiary alicyclic amines) is 1. The number of rotatable bonds is 4. The lowest BCUT2D eigenvalue weighted by Gasteiger charge is -2.48. The SMILES string of the molecule is COCCN1CC2(CCN(C(=O)NC3CC3)CC2)c2ccccc2C1=O. The molecule has 0 aromatic heterocycles. The minimum Gasteiger partial charge on any atom is -0.383 e. The fraction of sp³-hybridized carbons (Fsp3) is 0.600. The molecule has 1 aromatic rings. The Labute approximate surface area is 154 Å². The first kappa shape index (κ1) is 17.3. The van der Waals surface area contributed by atoms with Crippen molar-refractivity contribution in [2.45, 2.75) is 37.1 Å². The van der Waals surface area contributed by atoms with Crippen molar-refractivity contribution in [3.63, 3.8) is 0 Å². The molecule has 0 radical (unpaired) electrons. The molecule has 2 heterocycles. The van der Waals surface area contributed by atoms with Crippen LogP contribution in [0, 0.1) is 0 Å². The van der Waals surface area contributed by atoms with Crippen molar-refractivity contribution >= 4 is 11.9 Å². The largest absolute Gasteiger partial charge is 0.383 e. The van der Waals surface area contributed by atoms with Crippen molar-refractivity contribution in [3.05, 3.63) is 35.4 Å². The van der Waals surface area contributed by atoms with Crippen LogP contribution in [0.5, 0.6) is 0 Å². The molecular weight excluding hydrogens is 330 g/mol. The van der Waals surface area contributed by atoms with Crippen molar-refractivity contribution < 1.29 is 14.3 Å². The number of hydrogen-bond acceptors (Lipinski definition) is 3. The van der Waals surface area contributed by atoms with Crippen molar-refractivity contribution in [3.8, 4) is 0 Å². The highest BCUT2D eigenvalue weighted by Gasteiger charge is 2.45. The minimum absolute atomic E-state index is 0.0609. The highest BCUT2D eigenvalue weighted by Crippen LogP contribution is 2.41. The zero-order chi connectivity index (χ0) is 18.1. The van der Waals surface area contributed by atoms with E-state index in [1.807, 2.05) is 28.0 Å². The second-order valence-corrected chi connectivity index (χ2v) is 7.76. The van der Waals surface area contributed by atoms with Gasteiger partial charge in [0.15, 0.2) is 0 Å². The van der Waals surface area contributed by atoms with Gasteiger partial charge in [-0.05, 0) is 37.3 Å². The number of fused-ring (bicyclic) bond motifs is 2. The summed E-state index contributed by atoms with van der Waals surface area (Å²) in [4.78, 5) is 29.1. The van der Waals surface area contributed by atoms with Crippen LogP contribution in [0.2, 0.25) is 0 Å². The Hall–Kier alpha value is -2.08. The van der Waals surface area contributed by atoms with E-state index >= 15 is 0 Å². The molecule has 1 saturated carbocycles. The van der Waals surface area contributed by atoms with Gasteiger partial charge in [-0.15, -0.1) is 0 Å². The molecule has 0 unspecified atom stereocenters. The quantitative estimate of drug-likeness (QED) is 0.896. The van der Waals surface area contributed by atoms with Crippen LogP contribution >= 0.6 is 0 Å². The van der Waals surface area contributed by atoms with Crippen LogP contribution in [0.4, 0.5) is 4.79 Å². The Morgan fingerprint density at radius 2 is 2.00 bits per heavy atom. The molecule has 6 nitrogen and oxygen atoms in total. The van der Waals surface area contributed by atoms with E-state index < -0.39 is 0 Å². The number of carbonyl (C=O) groups excluding carboxylic acids is 2. The average molecular weight is 357 g/mol. The third-order valence-electron chi connectivity index (χ3n) is 5.99. The van der Waals surface area contributed by atoms with Gasteiger partial charge < -0.3 is 19.9 Å². The van der Waals surface area contributed by atoms with E-state index in [2.05, 4.69) is 11.4 Å². The van der Waals surface area contributed by atoms with Gasteiger partial charge in [0.05, 0.1) is 6.61 Å². The number of piperidine rings is 1. The van der Waals surface area contributed by atoms with Gasteiger partial charge in [0, 0.05) is 50.3 Å². The molecule has 26 heavy (non-hydrogen) atoms. The Kier molecular flexibility index (Phi) is 4.61. The summed E-state index contributed by atoms with van der Waals surface area (Å²) in [5.41, 5.74) is 1.90. The summed E-state index contributed by atoms with van der Waals surface area (Å²) in [5.74, 6) is 0.0946. The van der Waals surface area contributed by atoms with Gasteiger partial charge >= 0.3 is 6.03 Å². The molecule has 2 aliphatic heterocycles. The Balaban J connectivity index is 1.53. The third-order valence-corrected chi connectivity index (χ3v) is 5.99. The number of ether oxygens (including phenoxy) is 1. The first-order valence-electron chi connectivity index (χ1n) is 9.56. The van der Waals surface area contributed by atoms with Crippen LogP contribution in [-0.4, -0.2) is 67.7 Å². The van der Waals surface area contributed by atoms with Gasteiger partial charge in [0.2, 0.25) is 0 Å². The molecule has 1 aromatic carbocycles. The van der Waals surface area contributed by atoms with E-state index in [0.717, 1.165) is 49.9 Å². The van der Waals surface area contributed by atoms with E-state index in [9.17, 15) is 9.59 Å². The molecule has 1 N–H and O–H groups in total. The van der Waals surface area contributed by atoms with E-state index in [1.165, 1.54) is 0 Å². The zero-order valence-electron chi connectivity index (χ0n) is 15.4. The van der Waals surface area contributed by atoms with Gasteiger partial charge in [0.1, 0.15) is 0 Å². The first-order chi connectivity index (χ1) is 12.6. The third kappa shape index (κ3) is 3.18. The summed E-state index contributed by atoms with van der Waals surface area (Å²) in [6.07, 6.45) is 3.98. The summed E-state index contributed by atoms with van der Waals surface area (Å²) < 4.78 is 5.19. The molecule has 1 saturated heterocycles. The molecular formula is C20H27N3O3. The van der Waals surface area contributed by atoms with Gasteiger partial charge in [0.25, 0.3) is 5.91 Å². The number of nitrogens with zero attached hydrogens (tertiary/aromatic N) is 2. The molecule has 140 valence electrons. The van der Waals surface area contributed by atoms with Crippen LogP contribution in [0.15, 0.2) is 24.3 Å². The molecule has 1 aliphatic carbocycles. The fourth-order valence-corrected chi connectivity index (χ4v) is 4.27. The summed E-state index contributed by atoms with van der Waals surface area (Å²) in [5, 5.41) is 3.08. The van der Waals surface area contributed by atoms with Crippen LogP contribution < -0.4 is 5.32 Å². The Bertz CT molecular complexity index is 693. The number of carbonyl (C=O) groups is 2. The van der Waals surface area contributed by atoms with E-state index in [-0.39, 0.29) is 17.4 Å². The van der Waals surface area contributed by atoms with Crippen LogP contribution in [-0.2, 0) is 10.2 Å². The number of benzene rings is 1. The highest BCUT2D eigenvalue weighted by atomic mass is 16.5. The summed E-state index contributed by atoms with van der Waals surface area (Å²) in [6.45, 7) is 3.33. The number of urea groups is 1. The number of nitrogens with one attached hydrogen (secondary N) is 1. The van der Waals surface area contributed by atoms with Crippen LogP contribution in [0.3, 0.4) is 0 Å². The second kappa shape index (κ2) is 6.91. The first-order valence-corrected chi connectivity index (χ1v) is 9.56. The molecule has 0 bridgehead atoms. The van der Waals surface area contributed by atoms with Crippen LogP contribution in [0.1, 0.15) is 41.6 Å². The maximum Gasteiger partial charge on any atom is 0.317 e. The molecule has 3 amide bonds. The zero-order valence-corrected chi connectivity index (χ0v) is 15.4. The van der Waals surface area contributed by atoms with E-state index in [0.29, 0.717) is 25.7 Å². The molecule has 4 rings (SSSR count). The summed E-state index contributed by atoms with van der Waals surface area (Å²) >= 11 is 0. The number of hydrogen-bond donors (Lipinski definition) is 1. The maximum absolute atomic E-state index is 12.8. The van der Waals surface area contributed by atoms with Crippen molar-refractivity contribution in [2.75, 3.05) is 39.9 Å². The molecule has 6 heteroatoms. The lowest BCUT2D eigenvalue weighted by Crippen LogP contribution is -2.56. The van der Waals surface area contributed by atoms with E-state index in [1.54, 1.807) is 7.11 Å². The minimum atomic E-state index is -0.0609. The smallest absolute Gasteiger partial charge is 0.317 e. The Morgan fingerprint density at radius 3 is 2.69 bits per heavy atom. The van der Waals surface area contributed by atoms with Crippen LogP contribution in [0.25, 0.3) is 0 Å². The summed E-state index contributed by atoms with van der Waals surface area (Å²) in [6, 6.07) is 8.44. The number of methoxy groups -OCH3 is 1. The van der Waals surface area contributed by atoms with Gasteiger partial charge in [-0.25, -0.2) is 4.79 Å². The molecule has 0 atom stereocenters. The summed E-state index contributed by atoms with van der Waals surface area (Å²) in [7, 11) is 1.66. The van der Waals surface area contributed by atoms with Crippen molar-refractivity contribution in [1.29, 1.82) is 0 Å². The standard InChI is InChI=1S/C20H27N3O3/c1-26-13-12-23-14-20(17-5-3-2-4-16(17)18(23)24)8-10-22(11-9-20)19(25)21-15-6-7-15/h2-5,15H,6-14H2,1H3,(H,21,25). The fourth-order valence-electron chi connectivity index (χ4n) is 4.27. The predicted octanol–water partition coefficient (Wildman–Crippen LogP) is 1.99. The monoisotopic (exact) mass is 357 g/mol. The average Bonchev–Trinajstić information content (AvgIpc) is 3.48. The van der Waals surface area contributed by atoms with Gasteiger partial charge in [-0.2, -0.15) is 0 Å².